The second-order valence-electron chi connectivity index (χ2n) is 3.38. The Kier molecular flexibility index (Phi) is 6.40. The van der Waals surface area contributed by atoms with Crippen LogP contribution < -0.4 is 0 Å². The molecule has 0 aliphatic heterocycles. The molecule has 5 heteroatoms. The number of thioether (sulfide) groups is 1. The predicted molar refractivity (Wildman–Crippen MR) is 60.0 cm³/mol. The largest absolute Gasteiger partial charge is 0.480 e. The lowest BCUT2D eigenvalue weighted by Crippen LogP contribution is -2.32. The second-order valence-corrected chi connectivity index (χ2v) is 4.86. The molecule has 0 aromatic heterocycles. The molecule has 0 saturated carbocycles. The minimum absolute atomic E-state index is 0.0939. The molecule has 15 heavy (non-hydrogen) atoms. The Morgan fingerprint density at radius 1 is 1.40 bits per heavy atom. The first-order valence-corrected chi connectivity index (χ1v) is 5.97. The lowest BCUT2D eigenvalue weighted by molar-refractivity contribution is -0.139. The summed E-state index contributed by atoms with van der Waals surface area (Å²) in [6.45, 7) is 5.62. The molecule has 0 aromatic carbocycles. The van der Waals surface area contributed by atoms with Gasteiger partial charge >= 0.3 is 11.9 Å². The van der Waals surface area contributed by atoms with Gasteiger partial charge in [-0.1, -0.05) is 13.3 Å². The van der Waals surface area contributed by atoms with Gasteiger partial charge in [-0.15, -0.1) is 11.8 Å². The first kappa shape index (κ1) is 14.3. The molecule has 1 atom stereocenters. The molecule has 0 amide bonds. The molecular weight excluding hydrogens is 216 g/mol. The zero-order valence-corrected chi connectivity index (χ0v) is 10.2. The Bertz CT molecular complexity index is 229. The van der Waals surface area contributed by atoms with Gasteiger partial charge in [-0.05, 0) is 20.3 Å². The number of ether oxygens (including phenoxy) is 1. The van der Waals surface area contributed by atoms with Crippen molar-refractivity contribution in [1.82, 2.24) is 0 Å². The summed E-state index contributed by atoms with van der Waals surface area (Å²) in [6.07, 6.45) is 1.32. The molecule has 88 valence electrons. The predicted octanol–water partition coefficient (Wildman–Crippen LogP) is 1.93. The van der Waals surface area contributed by atoms with Gasteiger partial charge in [-0.3, -0.25) is 9.59 Å². The van der Waals surface area contributed by atoms with E-state index >= 15 is 0 Å². The van der Waals surface area contributed by atoms with Crippen LogP contribution in [0, 0.1) is 0 Å². The highest BCUT2D eigenvalue weighted by Crippen LogP contribution is 2.30. The van der Waals surface area contributed by atoms with Crippen LogP contribution in [0.1, 0.15) is 33.6 Å². The third kappa shape index (κ3) is 5.06. The van der Waals surface area contributed by atoms with Crippen molar-refractivity contribution in [3.63, 3.8) is 0 Å². The summed E-state index contributed by atoms with van der Waals surface area (Å²) in [6, 6.07) is 0. The van der Waals surface area contributed by atoms with Crippen molar-refractivity contribution in [3.8, 4) is 0 Å². The van der Waals surface area contributed by atoms with Crippen LogP contribution in [0.5, 0.6) is 0 Å². The smallest absolute Gasteiger partial charge is 0.319 e. The van der Waals surface area contributed by atoms with Gasteiger partial charge in [-0.25, -0.2) is 0 Å². The van der Waals surface area contributed by atoms with E-state index in [4.69, 9.17) is 9.84 Å². The van der Waals surface area contributed by atoms with Crippen molar-refractivity contribution >= 4 is 23.7 Å². The van der Waals surface area contributed by atoms with Gasteiger partial charge in [0.25, 0.3) is 0 Å². The highest BCUT2D eigenvalue weighted by molar-refractivity contribution is 8.02. The lowest BCUT2D eigenvalue weighted by Gasteiger charge is -2.22. The number of aliphatic carboxylic acids is 1. The molecule has 0 saturated heterocycles. The molecule has 0 bridgehead atoms. The van der Waals surface area contributed by atoms with Crippen molar-refractivity contribution < 1.29 is 19.4 Å². The fourth-order valence-electron chi connectivity index (χ4n) is 1.14. The van der Waals surface area contributed by atoms with E-state index in [1.54, 1.807) is 13.8 Å². The molecule has 0 rings (SSSR count). The first-order valence-electron chi connectivity index (χ1n) is 4.99. The van der Waals surface area contributed by atoms with Crippen molar-refractivity contribution in [1.29, 1.82) is 0 Å². The highest BCUT2D eigenvalue weighted by Gasteiger charge is 2.33. The van der Waals surface area contributed by atoms with Crippen LogP contribution >= 0.6 is 11.8 Å². The summed E-state index contributed by atoms with van der Waals surface area (Å²) < 4.78 is 3.86. The molecule has 0 aliphatic carbocycles. The number of hydrogen-bond acceptors (Lipinski definition) is 4. The third-order valence-electron chi connectivity index (χ3n) is 1.99. The molecule has 1 unspecified atom stereocenters. The number of carboxylic acid groups (broad SMARTS) is 1. The Morgan fingerprint density at radius 3 is 2.40 bits per heavy atom. The van der Waals surface area contributed by atoms with Crippen LogP contribution in [0.2, 0.25) is 0 Å². The van der Waals surface area contributed by atoms with E-state index in [0.717, 1.165) is 18.2 Å². The van der Waals surface area contributed by atoms with Crippen LogP contribution in [0.4, 0.5) is 0 Å². The minimum atomic E-state index is -0.887. The van der Waals surface area contributed by atoms with Gasteiger partial charge < -0.3 is 9.84 Å². The third-order valence-corrected chi connectivity index (χ3v) is 3.39. The number of carbonyl (C=O) groups is 2. The zero-order chi connectivity index (χ0) is 11.9. The Balaban J connectivity index is 4.18. The maximum atomic E-state index is 11.1. The van der Waals surface area contributed by atoms with Crippen molar-refractivity contribution in [3.05, 3.63) is 0 Å². The van der Waals surface area contributed by atoms with E-state index in [9.17, 15) is 9.59 Å². The van der Waals surface area contributed by atoms with Gasteiger partial charge in [0.2, 0.25) is 0 Å². The molecule has 0 heterocycles. The van der Waals surface area contributed by atoms with Crippen LogP contribution in [0.25, 0.3) is 0 Å². The van der Waals surface area contributed by atoms with Crippen molar-refractivity contribution in [2.24, 2.45) is 0 Å². The zero-order valence-electron chi connectivity index (χ0n) is 9.41. The standard InChI is InChI=1S/C10H18O4S/c1-4-6-10(3,9(12)13)15-7-8(11)14-5-2/h4-7H2,1-3H3,(H,12,13). The minimum Gasteiger partial charge on any atom is -0.480 e. The second kappa shape index (κ2) is 6.71. The topological polar surface area (TPSA) is 63.6 Å². The number of hydrogen-bond donors (Lipinski definition) is 1. The maximum Gasteiger partial charge on any atom is 0.319 e. The van der Waals surface area contributed by atoms with Gasteiger partial charge in [0, 0.05) is 0 Å². The van der Waals surface area contributed by atoms with Gasteiger partial charge in [0.1, 0.15) is 4.75 Å². The molecule has 0 aliphatic rings. The summed E-state index contributed by atoms with van der Waals surface area (Å²) >= 11 is 1.13. The lowest BCUT2D eigenvalue weighted by atomic mass is 10.1. The molecule has 4 nitrogen and oxygen atoms in total. The summed E-state index contributed by atoms with van der Waals surface area (Å²) in [5.41, 5.74) is 0. The van der Waals surface area contributed by atoms with Crippen LogP contribution in [0.15, 0.2) is 0 Å². The summed E-state index contributed by atoms with van der Waals surface area (Å²) in [5, 5.41) is 9.03. The Labute approximate surface area is 94.4 Å². The molecular formula is C10H18O4S. The summed E-state index contributed by atoms with van der Waals surface area (Å²) in [7, 11) is 0. The van der Waals surface area contributed by atoms with E-state index < -0.39 is 10.7 Å². The number of rotatable bonds is 7. The van der Waals surface area contributed by atoms with Crippen LogP contribution in [0.3, 0.4) is 0 Å². The van der Waals surface area contributed by atoms with E-state index in [1.807, 2.05) is 6.92 Å². The average Bonchev–Trinajstić information content (AvgIpc) is 2.15. The average molecular weight is 234 g/mol. The molecule has 0 radical (unpaired) electrons. The van der Waals surface area contributed by atoms with E-state index in [-0.39, 0.29) is 11.7 Å². The molecule has 1 N–H and O–H groups in total. The molecule has 0 aromatic rings. The van der Waals surface area contributed by atoms with E-state index in [0.29, 0.717) is 13.0 Å². The van der Waals surface area contributed by atoms with Gasteiger partial charge in [0.05, 0.1) is 12.4 Å². The monoisotopic (exact) mass is 234 g/mol. The van der Waals surface area contributed by atoms with Crippen LogP contribution in [-0.4, -0.2) is 34.2 Å². The summed E-state index contributed by atoms with van der Waals surface area (Å²) in [5.74, 6) is -1.14. The Morgan fingerprint density at radius 2 is 2.00 bits per heavy atom. The fourth-order valence-corrected chi connectivity index (χ4v) is 2.13. The SMILES string of the molecule is CCCC(C)(SCC(=O)OCC)C(=O)O. The van der Waals surface area contributed by atoms with Gasteiger partial charge in [-0.2, -0.15) is 0 Å². The first-order chi connectivity index (χ1) is 6.96. The molecule has 0 spiro atoms. The summed E-state index contributed by atoms with van der Waals surface area (Å²) in [4.78, 5) is 22.1. The maximum absolute atomic E-state index is 11.1. The number of esters is 1. The van der Waals surface area contributed by atoms with Crippen molar-refractivity contribution in [2.45, 2.75) is 38.4 Å². The normalized spacial score (nSPS) is 14.3. The van der Waals surface area contributed by atoms with E-state index in [2.05, 4.69) is 0 Å². The number of carboxylic acids is 1. The highest BCUT2D eigenvalue weighted by atomic mass is 32.2. The van der Waals surface area contributed by atoms with Crippen molar-refractivity contribution in [2.75, 3.05) is 12.4 Å². The fraction of sp³-hybridized carbons (Fsp3) is 0.800. The van der Waals surface area contributed by atoms with Crippen LogP contribution in [-0.2, 0) is 14.3 Å². The van der Waals surface area contributed by atoms with E-state index in [1.165, 1.54) is 0 Å². The Hall–Kier alpha value is -0.710. The van der Waals surface area contributed by atoms with Gasteiger partial charge in [0.15, 0.2) is 0 Å². The quantitative estimate of drug-likeness (QED) is 0.682. The number of carbonyl (C=O) groups excluding carboxylic acids is 1. The molecule has 0 fully saturated rings.